The molecule has 5 nitrogen and oxygen atoms in total. The lowest BCUT2D eigenvalue weighted by molar-refractivity contribution is -0.136. The minimum atomic E-state index is -1.05. The molecule has 0 saturated carbocycles. The first kappa shape index (κ1) is 14.8. The van der Waals surface area contributed by atoms with Gasteiger partial charge in [-0.15, -0.1) is 0 Å². The summed E-state index contributed by atoms with van der Waals surface area (Å²) in [5.41, 5.74) is 2.38. The molecule has 0 aliphatic rings. The number of carboxylic acid groups (broad SMARTS) is 1. The Kier molecular flexibility index (Phi) is 3.85. The molecule has 1 aromatic heterocycles. The normalized spacial score (nSPS) is 10.7. The molecule has 0 atom stereocenters. The minimum Gasteiger partial charge on any atom is -0.481 e. The maximum absolute atomic E-state index is 12.0. The van der Waals surface area contributed by atoms with Gasteiger partial charge in [-0.05, 0) is 36.8 Å². The van der Waals surface area contributed by atoms with Crippen molar-refractivity contribution < 1.29 is 14.3 Å². The first-order chi connectivity index (χ1) is 11.0. The molecule has 116 valence electrons. The van der Waals surface area contributed by atoms with E-state index in [1.165, 1.54) is 0 Å². The Morgan fingerprint density at radius 1 is 1.13 bits per heavy atom. The zero-order valence-corrected chi connectivity index (χ0v) is 12.5. The fraction of sp³-hybridized carbons (Fsp3) is 0.111. The second-order valence-electron chi connectivity index (χ2n) is 5.27. The van der Waals surface area contributed by atoms with Crippen LogP contribution in [0.5, 0.6) is 0 Å². The smallest absolute Gasteiger partial charge is 0.340 e. The number of nitrogens with one attached hydrogen (secondary N) is 1. The highest BCUT2D eigenvalue weighted by Crippen LogP contribution is 2.25. The van der Waals surface area contributed by atoms with Crippen LogP contribution in [0.25, 0.3) is 11.0 Å². The molecule has 3 aromatic rings. The highest BCUT2D eigenvalue weighted by Gasteiger charge is 2.14. The van der Waals surface area contributed by atoms with E-state index in [1.54, 1.807) is 13.0 Å². The van der Waals surface area contributed by atoms with E-state index in [9.17, 15) is 9.59 Å². The van der Waals surface area contributed by atoms with Crippen molar-refractivity contribution in [2.24, 2.45) is 0 Å². The molecule has 23 heavy (non-hydrogen) atoms. The Hall–Kier alpha value is -3.08. The van der Waals surface area contributed by atoms with Crippen LogP contribution in [-0.4, -0.2) is 11.1 Å². The lowest BCUT2D eigenvalue weighted by atomic mass is 10.0. The number of fused-ring (bicyclic) bond motifs is 1. The van der Waals surface area contributed by atoms with Crippen molar-refractivity contribution >= 4 is 28.3 Å². The van der Waals surface area contributed by atoms with Crippen LogP contribution < -0.4 is 10.9 Å². The fourth-order valence-corrected chi connectivity index (χ4v) is 2.52. The Bertz CT molecular complexity index is 929. The number of carbonyl (C=O) groups is 1. The number of anilines is 2. The molecule has 0 bridgehead atoms. The van der Waals surface area contributed by atoms with Crippen molar-refractivity contribution in [2.45, 2.75) is 13.3 Å². The van der Waals surface area contributed by atoms with Gasteiger partial charge in [0.1, 0.15) is 5.58 Å². The van der Waals surface area contributed by atoms with Gasteiger partial charge in [0.2, 0.25) is 0 Å². The highest BCUT2D eigenvalue weighted by molar-refractivity contribution is 5.86. The molecule has 0 fully saturated rings. The quantitative estimate of drug-likeness (QED) is 0.721. The summed E-state index contributed by atoms with van der Waals surface area (Å²) in [5, 5.41) is 12.9. The SMILES string of the molecule is Cc1c(CC(=O)O)c(=O)oc2cc(Nc3ccccc3)ccc12. The molecular formula is C18H15NO4. The largest absolute Gasteiger partial charge is 0.481 e. The number of hydrogen-bond donors (Lipinski definition) is 2. The van der Waals surface area contributed by atoms with Crippen LogP contribution in [0.2, 0.25) is 0 Å². The molecule has 0 unspecified atom stereocenters. The summed E-state index contributed by atoms with van der Waals surface area (Å²) in [6.07, 6.45) is -0.339. The number of rotatable bonds is 4. The molecule has 0 amide bonds. The van der Waals surface area contributed by atoms with Gasteiger partial charge < -0.3 is 14.8 Å². The third kappa shape index (κ3) is 3.08. The summed E-state index contributed by atoms with van der Waals surface area (Å²) in [4.78, 5) is 22.9. The molecule has 2 aromatic carbocycles. The summed E-state index contributed by atoms with van der Waals surface area (Å²) in [5.74, 6) is -1.05. The van der Waals surface area contributed by atoms with Gasteiger partial charge in [-0.1, -0.05) is 18.2 Å². The first-order valence-corrected chi connectivity index (χ1v) is 7.15. The predicted octanol–water partition coefficient (Wildman–Crippen LogP) is 3.47. The van der Waals surface area contributed by atoms with Crippen LogP contribution in [-0.2, 0) is 11.2 Å². The van der Waals surface area contributed by atoms with Crippen molar-refractivity contribution in [1.29, 1.82) is 0 Å². The molecular weight excluding hydrogens is 294 g/mol. The van der Waals surface area contributed by atoms with Gasteiger partial charge in [-0.25, -0.2) is 4.79 Å². The molecule has 5 heteroatoms. The van der Waals surface area contributed by atoms with Crippen molar-refractivity contribution in [3.05, 3.63) is 70.1 Å². The second kappa shape index (κ2) is 5.96. The molecule has 3 rings (SSSR count). The Morgan fingerprint density at radius 2 is 1.87 bits per heavy atom. The van der Waals surface area contributed by atoms with E-state index in [0.29, 0.717) is 11.1 Å². The van der Waals surface area contributed by atoms with Crippen LogP contribution in [0.3, 0.4) is 0 Å². The fourth-order valence-electron chi connectivity index (χ4n) is 2.52. The number of para-hydroxylation sites is 1. The summed E-state index contributed by atoms with van der Waals surface area (Å²) in [6.45, 7) is 1.74. The molecule has 0 radical (unpaired) electrons. The van der Waals surface area contributed by atoms with E-state index in [-0.39, 0.29) is 12.0 Å². The predicted molar refractivity (Wildman–Crippen MR) is 88.3 cm³/mol. The van der Waals surface area contributed by atoms with Crippen molar-refractivity contribution in [1.82, 2.24) is 0 Å². The number of aryl methyl sites for hydroxylation is 1. The van der Waals surface area contributed by atoms with Crippen LogP contribution in [0.4, 0.5) is 11.4 Å². The highest BCUT2D eigenvalue weighted by atomic mass is 16.4. The molecule has 0 spiro atoms. The average Bonchev–Trinajstić information content (AvgIpc) is 2.52. The summed E-state index contributed by atoms with van der Waals surface area (Å²) >= 11 is 0. The molecule has 2 N–H and O–H groups in total. The van der Waals surface area contributed by atoms with E-state index >= 15 is 0 Å². The maximum Gasteiger partial charge on any atom is 0.340 e. The van der Waals surface area contributed by atoms with Crippen LogP contribution in [0, 0.1) is 6.92 Å². The van der Waals surface area contributed by atoms with Crippen molar-refractivity contribution in [3.8, 4) is 0 Å². The Labute approximate surface area is 132 Å². The van der Waals surface area contributed by atoms with E-state index < -0.39 is 11.6 Å². The van der Waals surface area contributed by atoms with Gasteiger partial charge in [-0.3, -0.25) is 4.79 Å². The Morgan fingerprint density at radius 3 is 2.57 bits per heavy atom. The zero-order chi connectivity index (χ0) is 16.4. The van der Waals surface area contributed by atoms with E-state index in [4.69, 9.17) is 9.52 Å². The van der Waals surface area contributed by atoms with Gasteiger partial charge in [-0.2, -0.15) is 0 Å². The lowest BCUT2D eigenvalue weighted by Crippen LogP contribution is -2.14. The summed E-state index contributed by atoms with van der Waals surface area (Å²) < 4.78 is 5.29. The van der Waals surface area contributed by atoms with Gasteiger partial charge in [0, 0.05) is 22.8 Å². The number of aliphatic carboxylic acids is 1. The number of benzene rings is 2. The summed E-state index contributed by atoms with van der Waals surface area (Å²) in [7, 11) is 0. The Balaban J connectivity index is 2.04. The van der Waals surface area contributed by atoms with Gasteiger partial charge in [0.05, 0.1) is 12.0 Å². The van der Waals surface area contributed by atoms with Gasteiger partial charge in [0.25, 0.3) is 0 Å². The van der Waals surface area contributed by atoms with E-state index in [0.717, 1.165) is 16.8 Å². The molecule has 1 heterocycles. The first-order valence-electron chi connectivity index (χ1n) is 7.15. The van der Waals surface area contributed by atoms with Crippen LogP contribution in [0.15, 0.2) is 57.7 Å². The molecule has 0 aliphatic heterocycles. The van der Waals surface area contributed by atoms with E-state index in [1.807, 2.05) is 42.5 Å². The topological polar surface area (TPSA) is 79.5 Å². The molecule has 0 aliphatic carbocycles. The number of carboxylic acids is 1. The van der Waals surface area contributed by atoms with Crippen LogP contribution >= 0.6 is 0 Å². The number of hydrogen-bond acceptors (Lipinski definition) is 4. The standard InChI is InChI=1S/C18H15NO4/c1-11-14-8-7-13(19-12-5-3-2-4-6-12)9-16(14)23-18(22)15(11)10-17(20)21/h2-9,19H,10H2,1H3,(H,20,21). The summed E-state index contributed by atoms with van der Waals surface area (Å²) in [6, 6.07) is 15.1. The van der Waals surface area contributed by atoms with Gasteiger partial charge in [0.15, 0.2) is 0 Å². The van der Waals surface area contributed by atoms with Crippen LogP contribution in [0.1, 0.15) is 11.1 Å². The monoisotopic (exact) mass is 309 g/mol. The molecule has 0 saturated heterocycles. The van der Waals surface area contributed by atoms with Crippen molar-refractivity contribution in [3.63, 3.8) is 0 Å². The van der Waals surface area contributed by atoms with E-state index in [2.05, 4.69) is 5.32 Å². The zero-order valence-electron chi connectivity index (χ0n) is 12.5. The average molecular weight is 309 g/mol. The van der Waals surface area contributed by atoms with Crippen molar-refractivity contribution in [2.75, 3.05) is 5.32 Å². The lowest BCUT2D eigenvalue weighted by Gasteiger charge is -2.09. The second-order valence-corrected chi connectivity index (χ2v) is 5.27. The van der Waals surface area contributed by atoms with Gasteiger partial charge >= 0.3 is 11.6 Å². The minimum absolute atomic E-state index is 0.189. The maximum atomic E-state index is 12.0. The third-order valence-corrected chi connectivity index (χ3v) is 3.68. The third-order valence-electron chi connectivity index (χ3n) is 3.68.